The van der Waals surface area contributed by atoms with Crippen LogP contribution < -0.4 is 5.32 Å². The van der Waals surface area contributed by atoms with Gasteiger partial charge in [0.05, 0.1) is 18.3 Å². The summed E-state index contributed by atoms with van der Waals surface area (Å²) >= 11 is 5.63. The van der Waals surface area contributed by atoms with Crippen molar-refractivity contribution in [1.29, 1.82) is 0 Å². The molecule has 0 bridgehead atoms. The largest absolute Gasteiger partial charge is 0.348 e. The van der Waals surface area contributed by atoms with Crippen molar-refractivity contribution in [3.05, 3.63) is 30.6 Å². The number of aromatic nitrogens is 2. The molecular formula is C19H25N5OS. The molecule has 1 fully saturated rings. The average molecular weight is 372 g/mol. The summed E-state index contributed by atoms with van der Waals surface area (Å²) < 4.78 is 0. The van der Waals surface area contributed by atoms with E-state index in [-0.39, 0.29) is 11.8 Å². The van der Waals surface area contributed by atoms with Gasteiger partial charge in [-0.15, -0.1) is 0 Å². The van der Waals surface area contributed by atoms with Gasteiger partial charge < -0.3 is 15.1 Å². The predicted molar refractivity (Wildman–Crippen MR) is 108 cm³/mol. The van der Waals surface area contributed by atoms with Crippen molar-refractivity contribution in [2.24, 2.45) is 5.92 Å². The molecule has 0 aliphatic carbocycles. The van der Waals surface area contributed by atoms with Crippen molar-refractivity contribution in [3.8, 4) is 0 Å². The fraction of sp³-hybridized carbons (Fsp3) is 0.474. The number of nitrogens with zero attached hydrogens (tertiary/aromatic N) is 4. The number of carbonyl (C=O) groups is 1. The van der Waals surface area contributed by atoms with Gasteiger partial charge in [-0.1, -0.05) is 12.1 Å². The SMILES string of the molecule is CCN(CC)C(=O)[C@@H]1CCCN(C(=S)Nc2cccc3cnncc23)C1. The lowest BCUT2D eigenvalue weighted by Gasteiger charge is -2.36. The van der Waals surface area contributed by atoms with Gasteiger partial charge in [-0.05, 0) is 45.0 Å². The second kappa shape index (κ2) is 8.40. The summed E-state index contributed by atoms with van der Waals surface area (Å²) in [6.07, 6.45) is 5.38. The van der Waals surface area contributed by atoms with Gasteiger partial charge in [0.1, 0.15) is 0 Å². The van der Waals surface area contributed by atoms with Crippen LogP contribution in [-0.2, 0) is 4.79 Å². The van der Waals surface area contributed by atoms with Crippen molar-refractivity contribution in [3.63, 3.8) is 0 Å². The normalized spacial score (nSPS) is 17.2. The summed E-state index contributed by atoms with van der Waals surface area (Å²) in [5.74, 6) is 0.254. The van der Waals surface area contributed by atoms with Gasteiger partial charge in [0.25, 0.3) is 0 Å². The molecule has 1 aliphatic rings. The molecule has 1 saturated heterocycles. The summed E-state index contributed by atoms with van der Waals surface area (Å²) in [5.41, 5.74) is 0.916. The highest BCUT2D eigenvalue weighted by atomic mass is 32.1. The Labute approximate surface area is 159 Å². The molecule has 1 aromatic heterocycles. The lowest BCUT2D eigenvalue weighted by Crippen LogP contribution is -2.47. The summed E-state index contributed by atoms with van der Waals surface area (Å²) in [5, 5.41) is 13.9. The van der Waals surface area contributed by atoms with Crippen molar-refractivity contribution >= 4 is 39.7 Å². The summed E-state index contributed by atoms with van der Waals surface area (Å²) in [7, 11) is 0. The van der Waals surface area contributed by atoms with Gasteiger partial charge in [-0.25, -0.2) is 0 Å². The average Bonchev–Trinajstić information content (AvgIpc) is 2.69. The Bertz CT molecular complexity index is 787. The number of carbonyl (C=O) groups excluding carboxylic acids is 1. The van der Waals surface area contributed by atoms with Crippen LogP contribution in [0.4, 0.5) is 5.69 Å². The third-order valence-electron chi connectivity index (χ3n) is 4.96. The standard InChI is InChI=1S/C19H25N5OS/c1-3-23(4-2)18(25)15-8-6-10-24(13-15)19(26)22-17-9-5-7-14-11-20-21-12-16(14)17/h5,7,9,11-12,15H,3-4,6,8,10,13H2,1-2H3,(H,22,26)/t15-/m1/s1. The van der Waals surface area contributed by atoms with Crippen LogP contribution in [0.1, 0.15) is 26.7 Å². The number of thiocarbonyl (C=S) groups is 1. The molecule has 26 heavy (non-hydrogen) atoms. The van der Waals surface area contributed by atoms with Gasteiger partial charge in [-0.2, -0.15) is 10.2 Å². The van der Waals surface area contributed by atoms with Gasteiger partial charge in [-0.3, -0.25) is 4.79 Å². The van der Waals surface area contributed by atoms with E-state index < -0.39 is 0 Å². The maximum Gasteiger partial charge on any atom is 0.227 e. The first-order valence-corrected chi connectivity index (χ1v) is 9.59. The quantitative estimate of drug-likeness (QED) is 0.834. The van der Waals surface area contributed by atoms with Gasteiger partial charge in [0, 0.05) is 42.6 Å². The number of rotatable bonds is 4. The Morgan fingerprint density at radius 2 is 2.08 bits per heavy atom. The number of hydrogen-bond donors (Lipinski definition) is 1. The van der Waals surface area contributed by atoms with Crippen molar-refractivity contribution in [2.75, 3.05) is 31.5 Å². The molecular weight excluding hydrogens is 346 g/mol. The number of likely N-dealkylation sites (tertiary alicyclic amines) is 1. The molecule has 0 saturated carbocycles. The lowest BCUT2D eigenvalue weighted by molar-refractivity contribution is -0.136. The monoisotopic (exact) mass is 371 g/mol. The fourth-order valence-electron chi connectivity index (χ4n) is 3.49. The van der Waals surface area contributed by atoms with E-state index in [4.69, 9.17) is 12.2 Å². The van der Waals surface area contributed by atoms with E-state index in [1.165, 1.54) is 0 Å². The molecule has 6 nitrogen and oxygen atoms in total. The van der Waals surface area contributed by atoms with E-state index in [2.05, 4.69) is 20.4 Å². The second-order valence-electron chi connectivity index (χ2n) is 6.52. The zero-order chi connectivity index (χ0) is 18.5. The Morgan fingerprint density at radius 3 is 2.85 bits per heavy atom. The molecule has 7 heteroatoms. The maximum absolute atomic E-state index is 12.7. The fourth-order valence-corrected chi connectivity index (χ4v) is 3.76. The van der Waals surface area contributed by atoms with Crippen molar-refractivity contribution < 1.29 is 4.79 Å². The molecule has 1 aliphatic heterocycles. The number of hydrogen-bond acceptors (Lipinski definition) is 4. The van der Waals surface area contributed by atoms with E-state index in [0.29, 0.717) is 11.7 Å². The van der Waals surface area contributed by atoms with E-state index in [0.717, 1.165) is 48.9 Å². The van der Waals surface area contributed by atoms with E-state index in [9.17, 15) is 4.79 Å². The number of benzene rings is 1. The Hall–Kier alpha value is -2.28. The van der Waals surface area contributed by atoms with Crippen LogP contribution in [0.15, 0.2) is 30.6 Å². The number of piperidine rings is 1. The van der Waals surface area contributed by atoms with Crippen LogP contribution in [0.5, 0.6) is 0 Å². The van der Waals surface area contributed by atoms with Crippen LogP contribution >= 0.6 is 12.2 Å². The van der Waals surface area contributed by atoms with E-state index in [1.807, 2.05) is 36.9 Å². The lowest BCUT2D eigenvalue weighted by atomic mass is 9.96. The molecule has 0 unspecified atom stereocenters. The molecule has 0 radical (unpaired) electrons. The predicted octanol–water partition coefficient (Wildman–Crippen LogP) is 2.91. The second-order valence-corrected chi connectivity index (χ2v) is 6.91. The van der Waals surface area contributed by atoms with Crippen LogP contribution in [0.25, 0.3) is 10.8 Å². The van der Waals surface area contributed by atoms with E-state index >= 15 is 0 Å². The smallest absolute Gasteiger partial charge is 0.227 e. The summed E-state index contributed by atoms with van der Waals surface area (Å²) in [6.45, 7) is 7.11. The third kappa shape index (κ3) is 3.93. The first-order valence-electron chi connectivity index (χ1n) is 9.18. The highest BCUT2D eigenvalue weighted by molar-refractivity contribution is 7.80. The molecule has 1 N–H and O–H groups in total. The Morgan fingerprint density at radius 1 is 1.31 bits per heavy atom. The van der Waals surface area contributed by atoms with E-state index in [1.54, 1.807) is 12.4 Å². The molecule has 2 heterocycles. The zero-order valence-corrected chi connectivity index (χ0v) is 16.1. The Kier molecular flexibility index (Phi) is 5.98. The summed E-state index contributed by atoms with van der Waals surface area (Å²) in [4.78, 5) is 16.7. The molecule has 0 spiro atoms. The highest BCUT2D eigenvalue weighted by Crippen LogP contribution is 2.24. The minimum absolute atomic E-state index is 0.0155. The molecule has 1 atom stereocenters. The first-order chi connectivity index (χ1) is 12.6. The van der Waals surface area contributed by atoms with Crippen LogP contribution in [0.2, 0.25) is 0 Å². The third-order valence-corrected chi connectivity index (χ3v) is 5.32. The minimum Gasteiger partial charge on any atom is -0.348 e. The molecule has 1 aromatic carbocycles. The number of anilines is 1. The number of nitrogens with one attached hydrogen (secondary N) is 1. The van der Waals surface area contributed by atoms with Crippen molar-refractivity contribution in [2.45, 2.75) is 26.7 Å². The van der Waals surface area contributed by atoms with Crippen molar-refractivity contribution in [1.82, 2.24) is 20.0 Å². The molecule has 3 rings (SSSR count). The topological polar surface area (TPSA) is 61.4 Å². The molecule has 2 aromatic rings. The maximum atomic E-state index is 12.7. The summed E-state index contributed by atoms with van der Waals surface area (Å²) in [6, 6.07) is 5.95. The number of fused-ring (bicyclic) bond motifs is 1. The van der Waals surface area contributed by atoms with Gasteiger partial charge >= 0.3 is 0 Å². The zero-order valence-electron chi connectivity index (χ0n) is 15.3. The van der Waals surface area contributed by atoms with Gasteiger partial charge in [0.15, 0.2) is 5.11 Å². The van der Waals surface area contributed by atoms with Crippen LogP contribution in [0.3, 0.4) is 0 Å². The van der Waals surface area contributed by atoms with Crippen LogP contribution in [0, 0.1) is 5.92 Å². The number of amides is 1. The molecule has 138 valence electrons. The first kappa shape index (κ1) is 18.5. The molecule has 1 amide bonds. The van der Waals surface area contributed by atoms with Gasteiger partial charge in [0.2, 0.25) is 5.91 Å². The van der Waals surface area contributed by atoms with Crippen LogP contribution in [-0.4, -0.2) is 57.2 Å². The Balaban J connectivity index is 1.70. The minimum atomic E-state index is 0.0155. The highest BCUT2D eigenvalue weighted by Gasteiger charge is 2.29.